The predicted molar refractivity (Wildman–Crippen MR) is 81.3 cm³/mol. The van der Waals surface area contributed by atoms with Gasteiger partial charge in [-0.2, -0.15) is 5.26 Å². The van der Waals surface area contributed by atoms with E-state index in [1.165, 1.54) is 0 Å². The average molecular weight is 266 g/mol. The summed E-state index contributed by atoms with van der Waals surface area (Å²) in [7, 11) is 0. The maximum atomic E-state index is 9.27. The van der Waals surface area contributed by atoms with Crippen LogP contribution in [0.5, 0.6) is 0 Å². The van der Waals surface area contributed by atoms with Crippen molar-refractivity contribution < 1.29 is 0 Å². The van der Waals surface area contributed by atoms with Crippen LogP contribution in [-0.2, 0) is 0 Å². The Morgan fingerprint density at radius 1 is 1.30 bits per heavy atom. The van der Waals surface area contributed by atoms with Crippen molar-refractivity contribution in [3.63, 3.8) is 0 Å². The SMILES string of the molecule is Cc1cc(C)c(C#N)c(NC(C)c2ccccc2N)n1. The normalized spacial score (nSPS) is 11.7. The molecule has 2 aromatic rings. The van der Waals surface area contributed by atoms with Crippen LogP contribution in [0.3, 0.4) is 0 Å². The number of nitrogens with two attached hydrogens (primary N) is 1. The van der Waals surface area contributed by atoms with Gasteiger partial charge in [0, 0.05) is 11.4 Å². The molecule has 1 aromatic heterocycles. The van der Waals surface area contributed by atoms with Gasteiger partial charge in [0.05, 0.1) is 11.6 Å². The third kappa shape index (κ3) is 2.72. The van der Waals surface area contributed by atoms with Gasteiger partial charge in [0.1, 0.15) is 11.9 Å². The average Bonchev–Trinajstić information content (AvgIpc) is 2.38. The smallest absolute Gasteiger partial charge is 0.144 e. The molecule has 1 heterocycles. The molecule has 3 N–H and O–H groups in total. The standard InChI is InChI=1S/C16H18N4/c1-10-8-11(2)19-16(14(10)9-17)20-12(3)13-6-4-5-7-15(13)18/h4-8,12H,18H2,1-3H3,(H,19,20). The number of aromatic nitrogens is 1. The maximum absolute atomic E-state index is 9.27. The van der Waals surface area contributed by atoms with E-state index < -0.39 is 0 Å². The van der Waals surface area contributed by atoms with Crippen molar-refractivity contribution >= 4 is 11.5 Å². The molecule has 1 aromatic carbocycles. The van der Waals surface area contributed by atoms with Crippen LogP contribution in [0, 0.1) is 25.2 Å². The number of nitrogens with zero attached hydrogens (tertiary/aromatic N) is 2. The molecule has 20 heavy (non-hydrogen) atoms. The van der Waals surface area contributed by atoms with Crippen molar-refractivity contribution in [2.24, 2.45) is 0 Å². The first-order chi connectivity index (χ1) is 9.52. The molecule has 4 heteroatoms. The Balaban J connectivity index is 2.36. The Labute approximate surface area is 119 Å². The summed E-state index contributed by atoms with van der Waals surface area (Å²) in [5.74, 6) is 0.612. The van der Waals surface area contributed by atoms with Gasteiger partial charge in [0.2, 0.25) is 0 Å². The number of hydrogen-bond acceptors (Lipinski definition) is 4. The number of nitrogens with one attached hydrogen (secondary N) is 1. The van der Waals surface area contributed by atoms with Crippen LogP contribution in [0.4, 0.5) is 11.5 Å². The van der Waals surface area contributed by atoms with E-state index in [-0.39, 0.29) is 6.04 Å². The second kappa shape index (κ2) is 5.62. The molecule has 0 saturated carbocycles. The van der Waals surface area contributed by atoms with E-state index in [0.29, 0.717) is 11.4 Å². The van der Waals surface area contributed by atoms with Crippen molar-refractivity contribution in [2.75, 3.05) is 11.1 Å². The fraction of sp³-hybridized carbons (Fsp3) is 0.250. The number of benzene rings is 1. The van der Waals surface area contributed by atoms with E-state index in [1.807, 2.05) is 51.1 Å². The first-order valence-electron chi connectivity index (χ1n) is 6.52. The molecule has 0 fully saturated rings. The predicted octanol–water partition coefficient (Wildman–Crippen LogP) is 3.33. The number of aryl methyl sites for hydroxylation is 2. The molecule has 2 rings (SSSR count). The Kier molecular flexibility index (Phi) is 3.90. The molecule has 4 nitrogen and oxygen atoms in total. The van der Waals surface area contributed by atoms with E-state index in [0.717, 1.165) is 22.5 Å². The second-order valence-electron chi connectivity index (χ2n) is 4.91. The third-order valence-corrected chi connectivity index (χ3v) is 3.27. The van der Waals surface area contributed by atoms with Gasteiger partial charge in [0.15, 0.2) is 0 Å². The summed E-state index contributed by atoms with van der Waals surface area (Å²) in [5, 5.41) is 12.6. The fourth-order valence-corrected chi connectivity index (χ4v) is 2.27. The Morgan fingerprint density at radius 2 is 2.00 bits per heavy atom. The van der Waals surface area contributed by atoms with Gasteiger partial charge in [-0.05, 0) is 44.0 Å². The van der Waals surface area contributed by atoms with E-state index >= 15 is 0 Å². The Bertz CT molecular complexity index is 671. The van der Waals surface area contributed by atoms with Gasteiger partial charge in [-0.25, -0.2) is 4.98 Å². The molecule has 1 unspecified atom stereocenters. The number of rotatable bonds is 3. The van der Waals surface area contributed by atoms with Gasteiger partial charge < -0.3 is 11.1 Å². The number of anilines is 2. The molecule has 0 radical (unpaired) electrons. The van der Waals surface area contributed by atoms with Gasteiger partial charge in [-0.3, -0.25) is 0 Å². The molecule has 0 bridgehead atoms. The van der Waals surface area contributed by atoms with Crippen LogP contribution < -0.4 is 11.1 Å². The van der Waals surface area contributed by atoms with Gasteiger partial charge in [0.25, 0.3) is 0 Å². The van der Waals surface area contributed by atoms with Gasteiger partial charge in [-0.1, -0.05) is 18.2 Å². The summed E-state index contributed by atoms with van der Waals surface area (Å²) >= 11 is 0. The molecular weight excluding hydrogens is 248 g/mol. The minimum Gasteiger partial charge on any atom is -0.398 e. The summed E-state index contributed by atoms with van der Waals surface area (Å²) in [6.07, 6.45) is 0. The largest absolute Gasteiger partial charge is 0.398 e. The fourth-order valence-electron chi connectivity index (χ4n) is 2.27. The molecule has 0 amide bonds. The van der Waals surface area contributed by atoms with Crippen molar-refractivity contribution in [2.45, 2.75) is 26.8 Å². The Hall–Kier alpha value is -2.54. The number of nitrogen functional groups attached to an aromatic ring is 1. The van der Waals surface area contributed by atoms with Crippen LogP contribution in [0.25, 0.3) is 0 Å². The number of nitriles is 1. The van der Waals surface area contributed by atoms with Crippen molar-refractivity contribution in [3.8, 4) is 6.07 Å². The summed E-state index contributed by atoms with van der Waals surface area (Å²) in [4.78, 5) is 4.43. The topological polar surface area (TPSA) is 74.7 Å². The van der Waals surface area contributed by atoms with Crippen molar-refractivity contribution in [1.82, 2.24) is 4.98 Å². The van der Waals surface area contributed by atoms with Gasteiger partial charge in [-0.15, -0.1) is 0 Å². The molecular formula is C16H18N4. The maximum Gasteiger partial charge on any atom is 0.144 e. The molecule has 0 aliphatic carbocycles. The zero-order valence-corrected chi connectivity index (χ0v) is 11.9. The number of pyridine rings is 1. The summed E-state index contributed by atoms with van der Waals surface area (Å²) in [6.45, 7) is 5.84. The first kappa shape index (κ1) is 13.9. The molecule has 0 aliphatic heterocycles. The third-order valence-electron chi connectivity index (χ3n) is 3.27. The summed E-state index contributed by atoms with van der Waals surface area (Å²) < 4.78 is 0. The quantitative estimate of drug-likeness (QED) is 0.836. The minimum absolute atomic E-state index is 0.0167. The van der Waals surface area contributed by atoms with E-state index in [4.69, 9.17) is 5.73 Å². The highest BCUT2D eigenvalue weighted by Gasteiger charge is 2.13. The van der Waals surface area contributed by atoms with Gasteiger partial charge >= 0.3 is 0 Å². The molecule has 0 spiro atoms. The molecule has 0 saturated heterocycles. The van der Waals surface area contributed by atoms with E-state index in [2.05, 4.69) is 16.4 Å². The van der Waals surface area contributed by atoms with Crippen LogP contribution in [-0.4, -0.2) is 4.98 Å². The lowest BCUT2D eigenvalue weighted by molar-refractivity contribution is 0.873. The number of hydrogen-bond donors (Lipinski definition) is 2. The molecule has 1 atom stereocenters. The zero-order valence-electron chi connectivity index (χ0n) is 11.9. The lowest BCUT2D eigenvalue weighted by Crippen LogP contribution is -2.12. The minimum atomic E-state index is -0.0167. The zero-order chi connectivity index (χ0) is 14.7. The second-order valence-corrected chi connectivity index (χ2v) is 4.91. The summed E-state index contributed by atoms with van der Waals surface area (Å²) in [6, 6.07) is 11.8. The van der Waals surface area contributed by atoms with Crippen LogP contribution in [0.1, 0.15) is 35.3 Å². The highest BCUT2D eigenvalue weighted by Crippen LogP contribution is 2.26. The van der Waals surface area contributed by atoms with E-state index in [9.17, 15) is 5.26 Å². The van der Waals surface area contributed by atoms with E-state index in [1.54, 1.807) is 0 Å². The van der Waals surface area contributed by atoms with Crippen molar-refractivity contribution in [1.29, 1.82) is 5.26 Å². The lowest BCUT2D eigenvalue weighted by Gasteiger charge is -2.18. The highest BCUT2D eigenvalue weighted by molar-refractivity contribution is 5.59. The number of para-hydroxylation sites is 1. The monoisotopic (exact) mass is 266 g/mol. The van der Waals surface area contributed by atoms with Crippen LogP contribution in [0.15, 0.2) is 30.3 Å². The van der Waals surface area contributed by atoms with Crippen molar-refractivity contribution in [3.05, 3.63) is 52.7 Å². The van der Waals surface area contributed by atoms with Crippen LogP contribution in [0.2, 0.25) is 0 Å². The Morgan fingerprint density at radius 3 is 2.65 bits per heavy atom. The first-order valence-corrected chi connectivity index (χ1v) is 6.52. The highest BCUT2D eigenvalue weighted by atomic mass is 15.0. The lowest BCUT2D eigenvalue weighted by atomic mass is 10.1. The molecule has 102 valence electrons. The van der Waals surface area contributed by atoms with Crippen LogP contribution >= 0.6 is 0 Å². The summed E-state index contributed by atoms with van der Waals surface area (Å²) in [5.41, 5.74) is 10.1. The molecule has 0 aliphatic rings.